The number of para-hydroxylation sites is 1. The lowest BCUT2D eigenvalue weighted by Gasteiger charge is -2.22. The van der Waals surface area contributed by atoms with Crippen molar-refractivity contribution in [3.8, 4) is 0 Å². The van der Waals surface area contributed by atoms with Crippen LogP contribution < -0.4 is 11.1 Å². The van der Waals surface area contributed by atoms with Gasteiger partial charge in [0.1, 0.15) is 0 Å². The number of nitrogens with one attached hydrogen (secondary N) is 2. The van der Waals surface area contributed by atoms with Crippen LogP contribution in [-0.4, -0.2) is 23.0 Å². The van der Waals surface area contributed by atoms with Crippen LogP contribution in [0, 0.1) is 0 Å². The first kappa shape index (κ1) is 14.1. The number of fused-ring (bicyclic) bond motifs is 1. The molecule has 112 valence electrons. The fraction of sp³-hybridized carbons (Fsp3) is 0.471. The Morgan fingerprint density at radius 2 is 2.05 bits per heavy atom. The van der Waals surface area contributed by atoms with E-state index in [-0.39, 0.29) is 11.4 Å². The minimum Gasteiger partial charge on any atom is -0.361 e. The van der Waals surface area contributed by atoms with E-state index in [1.165, 1.54) is 10.9 Å². The van der Waals surface area contributed by atoms with Crippen molar-refractivity contribution in [3.63, 3.8) is 0 Å². The topological polar surface area (TPSA) is 70.9 Å². The summed E-state index contributed by atoms with van der Waals surface area (Å²) in [6, 6.07) is 8.23. The predicted molar refractivity (Wildman–Crippen MR) is 85.0 cm³/mol. The number of hydrogen-bond donors (Lipinski definition) is 3. The van der Waals surface area contributed by atoms with Crippen molar-refractivity contribution >= 4 is 16.8 Å². The quantitative estimate of drug-likeness (QED) is 0.790. The molecule has 0 bridgehead atoms. The normalized spacial score (nSPS) is 17.2. The number of rotatable bonds is 5. The summed E-state index contributed by atoms with van der Waals surface area (Å²) in [5.41, 5.74) is 8.36. The second kappa shape index (κ2) is 5.90. The van der Waals surface area contributed by atoms with Gasteiger partial charge in [-0.3, -0.25) is 4.79 Å². The molecule has 1 aromatic carbocycles. The number of benzene rings is 1. The van der Waals surface area contributed by atoms with E-state index in [4.69, 9.17) is 5.73 Å². The largest absolute Gasteiger partial charge is 0.361 e. The number of aromatic nitrogens is 1. The third kappa shape index (κ3) is 3.27. The molecule has 1 amide bonds. The predicted octanol–water partition coefficient (Wildman–Crippen LogP) is 2.49. The van der Waals surface area contributed by atoms with Gasteiger partial charge in [0.15, 0.2) is 0 Å². The zero-order chi connectivity index (χ0) is 14.7. The molecular weight excluding hydrogens is 262 g/mol. The van der Waals surface area contributed by atoms with Gasteiger partial charge in [0.25, 0.3) is 0 Å². The summed E-state index contributed by atoms with van der Waals surface area (Å²) in [6.45, 7) is 0.663. The molecule has 1 aromatic heterocycles. The number of hydrogen-bond acceptors (Lipinski definition) is 2. The molecule has 1 aliphatic rings. The van der Waals surface area contributed by atoms with Gasteiger partial charge in [0.2, 0.25) is 5.91 Å². The first-order chi connectivity index (χ1) is 10.2. The number of nitrogens with two attached hydrogens (primary N) is 1. The first-order valence-electron chi connectivity index (χ1n) is 7.77. The van der Waals surface area contributed by atoms with Crippen molar-refractivity contribution in [2.45, 2.75) is 44.1 Å². The van der Waals surface area contributed by atoms with Crippen LogP contribution in [0.15, 0.2) is 30.5 Å². The van der Waals surface area contributed by atoms with E-state index >= 15 is 0 Å². The minimum absolute atomic E-state index is 0.0826. The zero-order valence-corrected chi connectivity index (χ0v) is 12.3. The number of amides is 1. The lowest BCUT2D eigenvalue weighted by atomic mass is 9.94. The standard InChI is InChI=1S/C17H23N3O/c18-17(8-3-4-9-17)11-16(21)19-10-7-13-12-20-15-6-2-1-5-14(13)15/h1-2,5-6,12,20H,3-4,7-11,18H2,(H,19,21). The summed E-state index contributed by atoms with van der Waals surface area (Å²) >= 11 is 0. The molecule has 0 unspecified atom stereocenters. The maximum Gasteiger partial charge on any atom is 0.221 e. The van der Waals surface area contributed by atoms with Crippen LogP contribution >= 0.6 is 0 Å². The lowest BCUT2D eigenvalue weighted by molar-refractivity contribution is -0.122. The number of H-pyrrole nitrogens is 1. The Morgan fingerprint density at radius 3 is 2.86 bits per heavy atom. The van der Waals surface area contributed by atoms with Crippen LogP contribution in [0.2, 0.25) is 0 Å². The van der Waals surface area contributed by atoms with Crippen molar-refractivity contribution in [3.05, 3.63) is 36.0 Å². The highest BCUT2D eigenvalue weighted by Gasteiger charge is 2.31. The molecule has 4 N–H and O–H groups in total. The molecule has 21 heavy (non-hydrogen) atoms. The molecular formula is C17H23N3O. The number of aromatic amines is 1. The van der Waals surface area contributed by atoms with Crippen molar-refractivity contribution in [2.75, 3.05) is 6.54 Å². The Hall–Kier alpha value is -1.81. The maximum atomic E-state index is 12.0. The minimum atomic E-state index is -0.259. The van der Waals surface area contributed by atoms with Gasteiger partial charge in [-0.1, -0.05) is 31.0 Å². The van der Waals surface area contributed by atoms with Gasteiger partial charge in [-0.25, -0.2) is 0 Å². The van der Waals surface area contributed by atoms with Crippen molar-refractivity contribution in [1.82, 2.24) is 10.3 Å². The average molecular weight is 285 g/mol. The molecule has 1 aliphatic carbocycles. The lowest BCUT2D eigenvalue weighted by Crippen LogP contribution is -2.42. The van der Waals surface area contributed by atoms with Gasteiger partial charge in [-0.2, -0.15) is 0 Å². The Balaban J connectivity index is 1.50. The highest BCUT2D eigenvalue weighted by atomic mass is 16.1. The molecule has 0 atom stereocenters. The summed E-state index contributed by atoms with van der Waals surface area (Å²) < 4.78 is 0. The highest BCUT2D eigenvalue weighted by Crippen LogP contribution is 2.29. The van der Waals surface area contributed by atoms with E-state index in [1.807, 2.05) is 18.3 Å². The van der Waals surface area contributed by atoms with Gasteiger partial charge in [0, 0.05) is 35.6 Å². The summed E-state index contributed by atoms with van der Waals surface area (Å²) in [4.78, 5) is 15.3. The fourth-order valence-corrected chi connectivity index (χ4v) is 3.31. The maximum absolute atomic E-state index is 12.0. The molecule has 0 spiro atoms. The van der Waals surface area contributed by atoms with E-state index in [1.54, 1.807) is 0 Å². The molecule has 4 heteroatoms. The van der Waals surface area contributed by atoms with Crippen molar-refractivity contribution in [1.29, 1.82) is 0 Å². The first-order valence-corrected chi connectivity index (χ1v) is 7.77. The second-order valence-electron chi connectivity index (χ2n) is 6.21. The zero-order valence-electron chi connectivity index (χ0n) is 12.3. The van der Waals surface area contributed by atoms with Crippen molar-refractivity contribution in [2.24, 2.45) is 5.73 Å². The summed E-state index contributed by atoms with van der Waals surface area (Å²) in [5, 5.41) is 4.24. The van der Waals surface area contributed by atoms with Crippen LogP contribution in [-0.2, 0) is 11.2 Å². The van der Waals surface area contributed by atoms with Crippen LogP contribution in [0.5, 0.6) is 0 Å². The van der Waals surface area contributed by atoms with Gasteiger partial charge >= 0.3 is 0 Å². The Morgan fingerprint density at radius 1 is 1.29 bits per heavy atom. The number of carbonyl (C=O) groups excluding carboxylic acids is 1. The van der Waals surface area contributed by atoms with E-state index in [9.17, 15) is 4.79 Å². The fourth-order valence-electron chi connectivity index (χ4n) is 3.31. The highest BCUT2D eigenvalue weighted by molar-refractivity contribution is 5.83. The molecule has 0 aliphatic heterocycles. The smallest absolute Gasteiger partial charge is 0.221 e. The Bertz CT molecular complexity index is 626. The molecule has 4 nitrogen and oxygen atoms in total. The second-order valence-corrected chi connectivity index (χ2v) is 6.21. The van der Waals surface area contributed by atoms with Gasteiger partial charge in [-0.15, -0.1) is 0 Å². The van der Waals surface area contributed by atoms with E-state index in [0.717, 1.165) is 37.6 Å². The number of carbonyl (C=O) groups is 1. The van der Waals surface area contributed by atoms with Crippen LogP contribution in [0.25, 0.3) is 10.9 Å². The SMILES string of the molecule is NC1(CC(=O)NCCc2c[nH]c3ccccc23)CCCC1. The van der Waals surface area contributed by atoms with E-state index in [2.05, 4.69) is 22.4 Å². The molecule has 2 aromatic rings. The molecule has 1 heterocycles. The van der Waals surface area contributed by atoms with Crippen molar-refractivity contribution < 1.29 is 4.79 Å². The summed E-state index contributed by atoms with van der Waals surface area (Å²) in [7, 11) is 0. The summed E-state index contributed by atoms with van der Waals surface area (Å²) in [6.07, 6.45) is 7.58. The third-order valence-corrected chi connectivity index (χ3v) is 4.50. The molecule has 1 saturated carbocycles. The Kier molecular flexibility index (Phi) is 3.97. The van der Waals surface area contributed by atoms with E-state index < -0.39 is 0 Å². The summed E-state index contributed by atoms with van der Waals surface area (Å²) in [5.74, 6) is 0.0826. The third-order valence-electron chi connectivity index (χ3n) is 4.50. The molecule has 3 rings (SSSR count). The van der Waals surface area contributed by atoms with Crippen LogP contribution in [0.4, 0.5) is 0 Å². The van der Waals surface area contributed by atoms with E-state index in [0.29, 0.717) is 13.0 Å². The van der Waals surface area contributed by atoms with Gasteiger partial charge < -0.3 is 16.0 Å². The molecule has 0 radical (unpaired) electrons. The molecule has 1 fully saturated rings. The van der Waals surface area contributed by atoms with Crippen LogP contribution in [0.1, 0.15) is 37.7 Å². The monoisotopic (exact) mass is 285 g/mol. The Labute approximate surface area is 125 Å². The molecule has 0 saturated heterocycles. The average Bonchev–Trinajstić information content (AvgIpc) is 3.06. The van der Waals surface area contributed by atoms with Gasteiger partial charge in [0.05, 0.1) is 0 Å². The van der Waals surface area contributed by atoms with Gasteiger partial charge in [-0.05, 0) is 30.9 Å². The van der Waals surface area contributed by atoms with Crippen LogP contribution in [0.3, 0.4) is 0 Å².